The van der Waals surface area contributed by atoms with Crippen LogP contribution in [-0.2, 0) is 4.79 Å². The largest absolute Gasteiger partial charge is 0.348 e. The zero-order valence-electron chi connectivity index (χ0n) is 10.1. The fourth-order valence-corrected chi connectivity index (χ4v) is 1.47. The number of carbonyl (C=O) groups excluding carboxylic acids is 1. The van der Waals surface area contributed by atoms with E-state index in [4.69, 9.17) is 11.6 Å². The van der Waals surface area contributed by atoms with Crippen LogP contribution in [0.1, 0.15) is 26.3 Å². The second-order valence-electron chi connectivity index (χ2n) is 4.71. The average Bonchev–Trinajstić information content (AvgIpc) is 2.14. The van der Waals surface area contributed by atoms with Crippen molar-refractivity contribution in [1.82, 2.24) is 5.32 Å². The minimum atomic E-state index is -0.447. The van der Waals surface area contributed by atoms with Gasteiger partial charge in [0.1, 0.15) is 5.82 Å². The molecule has 92 valence electrons. The maximum Gasteiger partial charge on any atom is 0.244 e. The SMILES string of the molecule is CC(C)(C)NC(=O)C=Cc1c(F)cccc1Cl. The third-order valence-corrected chi connectivity index (χ3v) is 2.23. The monoisotopic (exact) mass is 255 g/mol. The lowest BCUT2D eigenvalue weighted by Crippen LogP contribution is -2.39. The van der Waals surface area contributed by atoms with Crippen LogP contribution < -0.4 is 5.32 Å². The molecular formula is C13H15ClFNO. The number of amides is 1. The normalized spacial score (nSPS) is 11.8. The van der Waals surface area contributed by atoms with Gasteiger partial charge in [-0.15, -0.1) is 0 Å². The van der Waals surface area contributed by atoms with Crippen molar-refractivity contribution in [2.75, 3.05) is 0 Å². The summed E-state index contributed by atoms with van der Waals surface area (Å²) in [7, 11) is 0. The van der Waals surface area contributed by atoms with E-state index in [1.54, 1.807) is 6.07 Å². The van der Waals surface area contributed by atoms with Crippen LogP contribution in [0.3, 0.4) is 0 Å². The van der Waals surface area contributed by atoms with Crippen LogP contribution in [0.4, 0.5) is 4.39 Å². The van der Waals surface area contributed by atoms with Crippen LogP contribution in [0.25, 0.3) is 6.08 Å². The van der Waals surface area contributed by atoms with Gasteiger partial charge in [-0.2, -0.15) is 0 Å². The Morgan fingerprint density at radius 1 is 1.41 bits per heavy atom. The fraction of sp³-hybridized carbons (Fsp3) is 0.308. The molecular weight excluding hydrogens is 241 g/mol. The Balaban J connectivity index is 2.81. The zero-order valence-corrected chi connectivity index (χ0v) is 10.8. The minimum absolute atomic E-state index is 0.221. The first-order chi connectivity index (χ1) is 7.79. The van der Waals surface area contributed by atoms with Gasteiger partial charge in [-0.05, 0) is 39.0 Å². The third-order valence-electron chi connectivity index (χ3n) is 1.90. The van der Waals surface area contributed by atoms with Crippen molar-refractivity contribution in [3.8, 4) is 0 Å². The first-order valence-corrected chi connectivity index (χ1v) is 5.61. The second kappa shape index (κ2) is 5.32. The van der Waals surface area contributed by atoms with Crippen molar-refractivity contribution in [2.24, 2.45) is 0 Å². The molecule has 0 unspecified atom stereocenters. The van der Waals surface area contributed by atoms with Crippen molar-refractivity contribution in [2.45, 2.75) is 26.3 Å². The average molecular weight is 256 g/mol. The Kier molecular flexibility index (Phi) is 4.29. The molecule has 0 saturated heterocycles. The number of hydrogen-bond acceptors (Lipinski definition) is 1. The molecule has 1 amide bonds. The highest BCUT2D eigenvalue weighted by Crippen LogP contribution is 2.20. The summed E-state index contributed by atoms with van der Waals surface area (Å²) in [5.41, 5.74) is -0.0984. The molecule has 1 rings (SSSR count). The van der Waals surface area contributed by atoms with Crippen molar-refractivity contribution in [3.63, 3.8) is 0 Å². The predicted octanol–water partition coefficient (Wildman–Crippen LogP) is 3.41. The maximum absolute atomic E-state index is 13.4. The van der Waals surface area contributed by atoms with E-state index in [0.29, 0.717) is 0 Å². The molecule has 0 aliphatic carbocycles. The van der Waals surface area contributed by atoms with E-state index in [1.807, 2.05) is 20.8 Å². The number of carbonyl (C=O) groups is 1. The van der Waals surface area contributed by atoms with Gasteiger partial charge in [0.15, 0.2) is 0 Å². The summed E-state index contributed by atoms with van der Waals surface area (Å²) in [5.74, 6) is -0.728. The van der Waals surface area contributed by atoms with E-state index < -0.39 is 5.82 Å². The summed E-state index contributed by atoms with van der Waals surface area (Å²) < 4.78 is 13.4. The topological polar surface area (TPSA) is 29.1 Å². The van der Waals surface area contributed by atoms with E-state index in [9.17, 15) is 9.18 Å². The molecule has 0 heterocycles. The standard InChI is InChI=1S/C13H15ClFNO/c1-13(2,3)16-12(17)8-7-9-10(14)5-4-6-11(9)15/h4-8H,1-3H3,(H,16,17). The number of benzene rings is 1. The summed E-state index contributed by atoms with van der Waals surface area (Å²) in [6, 6.07) is 4.39. The van der Waals surface area contributed by atoms with Gasteiger partial charge in [0.05, 0.1) is 5.02 Å². The summed E-state index contributed by atoms with van der Waals surface area (Å²) >= 11 is 5.82. The Morgan fingerprint density at radius 3 is 2.59 bits per heavy atom. The lowest BCUT2D eigenvalue weighted by molar-refractivity contribution is -0.117. The smallest absolute Gasteiger partial charge is 0.244 e. The van der Waals surface area contributed by atoms with Gasteiger partial charge in [0, 0.05) is 17.2 Å². The summed E-state index contributed by atoms with van der Waals surface area (Å²) in [5, 5.41) is 3.02. The van der Waals surface area contributed by atoms with Gasteiger partial charge < -0.3 is 5.32 Å². The molecule has 1 aromatic carbocycles. The van der Waals surface area contributed by atoms with Crippen molar-refractivity contribution < 1.29 is 9.18 Å². The molecule has 17 heavy (non-hydrogen) atoms. The summed E-state index contributed by atoms with van der Waals surface area (Å²) in [6.45, 7) is 5.61. The minimum Gasteiger partial charge on any atom is -0.348 e. The molecule has 2 nitrogen and oxygen atoms in total. The van der Waals surface area contributed by atoms with Gasteiger partial charge in [0.2, 0.25) is 5.91 Å². The van der Waals surface area contributed by atoms with E-state index in [-0.39, 0.29) is 22.0 Å². The molecule has 0 bridgehead atoms. The van der Waals surface area contributed by atoms with Crippen LogP contribution in [0, 0.1) is 5.82 Å². The predicted molar refractivity (Wildman–Crippen MR) is 68.3 cm³/mol. The zero-order chi connectivity index (χ0) is 13.1. The Hall–Kier alpha value is -1.35. The number of halogens is 2. The summed E-state index contributed by atoms with van der Waals surface area (Å²) in [4.78, 5) is 11.5. The molecule has 0 fully saturated rings. The number of nitrogens with one attached hydrogen (secondary N) is 1. The Labute approximate surface area is 105 Å². The second-order valence-corrected chi connectivity index (χ2v) is 5.12. The molecule has 0 radical (unpaired) electrons. The molecule has 0 aromatic heterocycles. The molecule has 0 aliphatic rings. The lowest BCUT2D eigenvalue weighted by atomic mass is 10.1. The van der Waals surface area contributed by atoms with Crippen LogP contribution >= 0.6 is 11.6 Å². The third kappa shape index (κ3) is 4.57. The number of hydrogen-bond donors (Lipinski definition) is 1. The molecule has 0 aliphatic heterocycles. The van der Waals surface area contributed by atoms with Gasteiger partial charge in [-0.1, -0.05) is 17.7 Å². The quantitative estimate of drug-likeness (QED) is 0.807. The first kappa shape index (κ1) is 13.7. The van der Waals surface area contributed by atoms with Gasteiger partial charge in [-0.3, -0.25) is 4.79 Å². The van der Waals surface area contributed by atoms with Crippen LogP contribution in [-0.4, -0.2) is 11.4 Å². The molecule has 0 spiro atoms. The van der Waals surface area contributed by atoms with Gasteiger partial charge >= 0.3 is 0 Å². The van der Waals surface area contributed by atoms with Gasteiger partial charge in [0.25, 0.3) is 0 Å². The molecule has 0 atom stereocenters. The van der Waals surface area contributed by atoms with E-state index in [0.717, 1.165) is 0 Å². The Bertz CT molecular complexity index is 429. The summed E-state index contributed by atoms with van der Waals surface area (Å²) in [6.07, 6.45) is 2.65. The van der Waals surface area contributed by atoms with Crippen LogP contribution in [0.5, 0.6) is 0 Å². The fourth-order valence-electron chi connectivity index (χ4n) is 1.24. The molecule has 1 aromatic rings. The van der Waals surface area contributed by atoms with E-state index in [2.05, 4.69) is 5.32 Å². The highest BCUT2D eigenvalue weighted by Gasteiger charge is 2.11. The molecule has 4 heteroatoms. The molecule has 0 saturated carbocycles. The first-order valence-electron chi connectivity index (χ1n) is 5.24. The van der Waals surface area contributed by atoms with Crippen molar-refractivity contribution >= 4 is 23.6 Å². The Morgan fingerprint density at radius 2 is 2.06 bits per heavy atom. The van der Waals surface area contributed by atoms with Gasteiger partial charge in [-0.25, -0.2) is 4.39 Å². The lowest BCUT2D eigenvalue weighted by Gasteiger charge is -2.18. The van der Waals surface area contributed by atoms with E-state index in [1.165, 1.54) is 24.3 Å². The van der Waals surface area contributed by atoms with Crippen molar-refractivity contribution in [3.05, 3.63) is 40.7 Å². The maximum atomic E-state index is 13.4. The van der Waals surface area contributed by atoms with Crippen LogP contribution in [0.2, 0.25) is 5.02 Å². The van der Waals surface area contributed by atoms with Crippen LogP contribution in [0.15, 0.2) is 24.3 Å². The number of rotatable bonds is 2. The van der Waals surface area contributed by atoms with E-state index >= 15 is 0 Å². The highest BCUT2D eigenvalue weighted by atomic mass is 35.5. The molecule has 1 N–H and O–H groups in total. The highest BCUT2D eigenvalue weighted by molar-refractivity contribution is 6.32. The van der Waals surface area contributed by atoms with Crippen molar-refractivity contribution in [1.29, 1.82) is 0 Å².